The molecule has 104 valence electrons. The van der Waals surface area contributed by atoms with Crippen molar-refractivity contribution in [3.63, 3.8) is 0 Å². The number of amides is 2. The second-order valence-corrected chi connectivity index (χ2v) is 5.17. The molecule has 2 N–H and O–H groups in total. The molecule has 8 nitrogen and oxygen atoms in total. The number of hydrogen-bond donors (Lipinski definition) is 2. The molecule has 9 heteroatoms. The molecule has 3 heterocycles. The van der Waals surface area contributed by atoms with Crippen LogP contribution < -0.4 is 5.32 Å². The third-order valence-electron chi connectivity index (χ3n) is 3.03. The number of nitrogens with zero attached hydrogens (tertiary/aromatic N) is 4. The number of urea groups is 1. The molecule has 20 heavy (non-hydrogen) atoms. The molecule has 1 fully saturated rings. The Morgan fingerprint density at radius 3 is 2.85 bits per heavy atom. The average molecular weight is 293 g/mol. The van der Waals surface area contributed by atoms with Crippen LogP contribution in [0.25, 0.3) is 0 Å². The van der Waals surface area contributed by atoms with Crippen LogP contribution in [-0.4, -0.2) is 50.1 Å². The average Bonchev–Trinajstić information content (AvgIpc) is 2.97. The molecule has 2 aromatic rings. The SMILES string of the molecule is O=C(O)c1cn(C2CN(C(=O)Nc3ccsc3)C2)nn1. The Balaban J connectivity index is 1.55. The smallest absolute Gasteiger partial charge is 0.358 e. The Bertz CT molecular complexity index is 632. The number of thiophene rings is 1. The first-order valence-electron chi connectivity index (χ1n) is 5.87. The van der Waals surface area contributed by atoms with Gasteiger partial charge in [0, 0.05) is 18.5 Å². The van der Waals surface area contributed by atoms with Crippen LogP contribution in [0.3, 0.4) is 0 Å². The van der Waals surface area contributed by atoms with E-state index < -0.39 is 5.97 Å². The Labute approximate surface area is 117 Å². The standard InChI is InChI=1S/C11H11N5O3S/c17-10(18)9-5-16(14-13-9)8-3-15(4-8)11(19)12-7-1-2-20-6-7/h1-2,5-6,8H,3-4H2,(H,12,19)(H,17,18). The molecule has 0 aromatic carbocycles. The van der Waals surface area contributed by atoms with Crippen molar-refractivity contribution >= 4 is 29.0 Å². The summed E-state index contributed by atoms with van der Waals surface area (Å²) in [5, 5.41) is 22.6. The van der Waals surface area contributed by atoms with E-state index >= 15 is 0 Å². The van der Waals surface area contributed by atoms with Gasteiger partial charge in [-0.2, -0.15) is 11.3 Å². The summed E-state index contributed by atoms with van der Waals surface area (Å²) >= 11 is 1.51. The van der Waals surface area contributed by atoms with E-state index in [0.29, 0.717) is 13.1 Å². The van der Waals surface area contributed by atoms with Crippen molar-refractivity contribution in [2.45, 2.75) is 6.04 Å². The number of carboxylic acid groups (broad SMARTS) is 1. The summed E-state index contributed by atoms with van der Waals surface area (Å²) in [6.07, 6.45) is 1.38. The molecule has 1 saturated heterocycles. The summed E-state index contributed by atoms with van der Waals surface area (Å²) in [6.45, 7) is 0.969. The van der Waals surface area contributed by atoms with Crippen LogP contribution in [0.4, 0.5) is 10.5 Å². The predicted octanol–water partition coefficient (Wildman–Crippen LogP) is 1.13. The van der Waals surface area contributed by atoms with Crippen LogP contribution in [0.1, 0.15) is 16.5 Å². The van der Waals surface area contributed by atoms with Crippen LogP contribution in [0, 0.1) is 0 Å². The maximum atomic E-state index is 11.9. The van der Waals surface area contributed by atoms with E-state index in [9.17, 15) is 9.59 Å². The van der Waals surface area contributed by atoms with E-state index in [1.807, 2.05) is 16.8 Å². The lowest BCUT2D eigenvalue weighted by atomic mass is 10.1. The number of carbonyl (C=O) groups excluding carboxylic acids is 1. The van der Waals surface area contributed by atoms with Crippen molar-refractivity contribution in [1.29, 1.82) is 0 Å². The molecular weight excluding hydrogens is 282 g/mol. The molecule has 3 rings (SSSR count). The minimum Gasteiger partial charge on any atom is -0.476 e. The zero-order valence-electron chi connectivity index (χ0n) is 10.3. The van der Waals surface area contributed by atoms with Gasteiger partial charge in [-0.15, -0.1) is 5.10 Å². The van der Waals surface area contributed by atoms with Gasteiger partial charge in [0.25, 0.3) is 0 Å². The van der Waals surface area contributed by atoms with Gasteiger partial charge in [-0.3, -0.25) is 0 Å². The minimum atomic E-state index is -1.11. The fraction of sp³-hybridized carbons (Fsp3) is 0.273. The van der Waals surface area contributed by atoms with E-state index in [0.717, 1.165) is 5.69 Å². The highest BCUT2D eigenvalue weighted by molar-refractivity contribution is 7.08. The minimum absolute atomic E-state index is 0.0242. The second-order valence-electron chi connectivity index (χ2n) is 4.39. The van der Waals surface area contributed by atoms with Crippen molar-refractivity contribution in [1.82, 2.24) is 19.9 Å². The lowest BCUT2D eigenvalue weighted by molar-refractivity contribution is 0.0690. The summed E-state index contributed by atoms with van der Waals surface area (Å²) in [7, 11) is 0. The summed E-state index contributed by atoms with van der Waals surface area (Å²) in [4.78, 5) is 24.2. The number of carboxylic acids is 1. The Morgan fingerprint density at radius 2 is 2.25 bits per heavy atom. The molecule has 0 atom stereocenters. The molecule has 0 bridgehead atoms. The van der Waals surface area contributed by atoms with E-state index in [4.69, 9.17) is 5.11 Å². The molecule has 0 unspecified atom stereocenters. The Hall–Kier alpha value is -2.42. The highest BCUT2D eigenvalue weighted by Gasteiger charge is 2.33. The summed E-state index contributed by atoms with van der Waals surface area (Å²) in [5.74, 6) is -1.11. The van der Waals surface area contributed by atoms with Crippen molar-refractivity contribution in [2.75, 3.05) is 18.4 Å². The zero-order chi connectivity index (χ0) is 14.1. The Kier molecular flexibility index (Phi) is 3.11. The summed E-state index contributed by atoms with van der Waals surface area (Å²) in [6, 6.07) is 1.64. The number of rotatable bonds is 3. The maximum absolute atomic E-state index is 11.9. The number of carbonyl (C=O) groups is 2. The van der Waals surface area contributed by atoms with Crippen LogP contribution in [0.15, 0.2) is 23.0 Å². The highest BCUT2D eigenvalue weighted by Crippen LogP contribution is 2.22. The van der Waals surface area contributed by atoms with Gasteiger partial charge in [-0.25, -0.2) is 14.3 Å². The molecular formula is C11H11N5O3S. The topological polar surface area (TPSA) is 100 Å². The molecule has 1 aliphatic heterocycles. The summed E-state index contributed by atoms with van der Waals surface area (Å²) < 4.78 is 1.48. The fourth-order valence-corrected chi connectivity index (χ4v) is 2.47. The number of likely N-dealkylation sites (tertiary alicyclic amines) is 1. The van der Waals surface area contributed by atoms with Gasteiger partial charge in [0.05, 0.1) is 17.9 Å². The van der Waals surface area contributed by atoms with Crippen molar-refractivity contribution < 1.29 is 14.7 Å². The largest absolute Gasteiger partial charge is 0.476 e. The first kappa shape index (κ1) is 12.6. The first-order valence-corrected chi connectivity index (χ1v) is 6.81. The second kappa shape index (κ2) is 4.93. The third-order valence-corrected chi connectivity index (χ3v) is 3.71. The van der Waals surface area contributed by atoms with E-state index in [-0.39, 0.29) is 17.8 Å². The normalized spacial score (nSPS) is 14.9. The van der Waals surface area contributed by atoms with Crippen LogP contribution in [0.2, 0.25) is 0 Å². The van der Waals surface area contributed by atoms with E-state index in [1.54, 1.807) is 4.90 Å². The van der Waals surface area contributed by atoms with Gasteiger partial charge >= 0.3 is 12.0 Å². The van der Waals surface area contributed by atoms with Crippen molar-refractivity contribution in [3.05, 3.63) is 28.7 Å². The molecule has 0 saturated carbocycles. The fourth-order valence-electron chi connectivity index (χ4n) is 1.88. The quantitative estimate of drug-likeness (QED) is 0.883. The Morgan fingerprint density at radius 1 is 1.45 bits per heavy atom. The number of nitrogens with one attached hydrogen (secondary N) is 1. The first-order chi connectivity index (χ1) is 9.63. The maximum Gasteiger partial charge on any atom is 0.358 e. The van der Waals surface area contributed by atoms with Crippen LogP contribution in [0.5, 0.6) is 0 Å². The summed E-state index contributed by atoms with van der Waals surface area (Å²) in [5.41, 5.74) is 0.684. The van der Waals surface area contributed by atoms with Crippen molar-refractivity contribution in [3.8, 4) is 0 Å². The number of aromatic carboxylic acids is 1. The monoisotopic (exact) mass is 293 g/mol. The van der Waals surface area contributed by atoms with Gasteiger partial charge in [0.1, 0.15) is 0 Å². The van der Waals surface area contributed by atoms with Crippen molar-refractivity contribution in [2.24, 2.45) is 0 Å². The highest BCUT2D eigenvalue weighted by atomic mass is 32.1. The lowest BCUT2D eigenvalue weighted by Crippen LogP contribution is -2.52. The van der Waals surface area contributed by atoms with Gasteiger partial charge in [-0.05, 0) is 11.4 Å². The molecule has 0 spiro atoms. The molecule has 1 aliphatic rings. The van der Waals surface area contributed by atoms with Crippen LogP contribution in [-0.2, 0) is 0 Å². The number of aromatic nitrogens is 3. The molecule has 2 amide bonds. The van der Waals surface area contributed by atoms with Gasteiger partial charge in [-0.1, -0.05) is 5.21 Å². The van der Waals surface area contributed by atoms with Gasteiger partial charge in [0.2, 0.25) is 0 Å². The van der Waals surface area contributed by atoms with E-state index in [2.05, 4.69) is 15.6 Å². The molecule has 0 radical (unpaired) electrons. The van der Waals surface area contributed by atoms with Gasteiger partial charge in [0.15, 0.2) is 5.69 Å². The van der Waals surface area contributed by atoms with Crippen LogP contribution >= 0.6 is 11.3 Å². The predicted molar refractivity (Wildman–Crippen MR) is 70.9 cm³/mol. The third kappa shape index (κ3) is 2.35. The molecule has 0 aliphatic carbocycles. The van der Waals surface area contributed by atoms with E-state index in [1.165, 1.54) is 22.2 Å². The van der Waals surface area contributed by atoms with Gasteiger partial charge < -0.3 is 15.3 Å². The number of anilines is 1. The number of hydrogen-bond acceptors (Lipinski definition) is 5. The zero-order valence-corrected chi connectivity index (χ0v) is 11.1. The lowest BCUT2D eigenvalue weighted by Gasteiger charge is -2.38. The molecule has 2 aromatic heterocycles.